The Morgan fingerprint density at radius 1 is 1.00 bits per heavy atom. The molecule has 2 aliphatic rings. The number of likely N-dealkylation sites (tertiary alicyclic amines) is 1. The van der Waals surface area contributed by atoms with Gasteiger partial charge in [-0.15, -0.1) is 0 Å². The van der Waals surface area contributed by atoms with Crippen LogP contribution in [0.25, 0.3) is 0 Å². The van der Waals surface area contributed by atoms with Gasteiger partial charge in [0.05, 0.1) is 26.3 Å². The Bertz CT molecular complexity index is 509. The van der Waals surface area contributed by atoms with Crippen LogP contribution in [0.2, 0.25) is 0 Å². The second-order valence-corrected chi connectivity index (χ2v) is 7.20. The Kier molecular flexibility index (Phi) is 7.27. The maximum atomic E-state index is 12.9. The minimum absolute atomic E-state index is 0.0595. The second kappa shape index (κ2) is 9.90. The number of hydrogen-bond acceptors (Lipinski definition) is 3. The lowest BCUT2D eigenvalue weighted by Gasteiger charge is -2.27. The lowest BCUT2D eigenvalue weighted by atomic mass is 10.1. The van der Waals surface area contributed by atoms with Crippen LogP contribution in [0.1, 0.15) is 37.3 Å². The molecule has 0 aliphatic carbocycles. The first-order valence-corrected chi connectivity index (χ1v) is 9.82. The predicted octanol–water partition coefficient (Wildman–Crippen LogP) is -0.355. The van der Waals surface area contributed by atoms with Crippen LogP contribution in [0.4, 0.5) is 0 Å². The van der Waals surface area contributed by atoms with Crippen molar-refractivity contribution in [2.75, 3.05) is 52.5 Å². The number of carbonyl (C=O) groups excluding carboxylic acids is 1. The van der Waals surface area contributed by atoms with E-state index in [4.69, 9.17) is 9.47 Å². The average Bonchev–Trinajstić information content (AvgIpc) is 2.93. The van der Waals surface area contributed by atoms with E-state index < -0.39 is 0 Å². The maximum Gasteiger partial charge on any atom is 0.370 e. The third-order valence-electron chi connectivity index (χ3n) is 5.42. The van der Waals surface area contributed by atoms with E-state index in [1.807, 2.05) is 18.2 Å². The molecule has 1 aromatic rings. The van der Waals surface area contributed by atoms with E-state index in [0.29, 0.717) is 6.61 Å². The first-order chi connectivity index (χ1) is 12.3. The van der Waals surface area contributed by atoms with Crippen molar-refractivity contribution in [3.63, 3.8) is 0 Å². The summed E-state index contributed by atoms with van der Waals surface area (Å²) in [5.74, 6) is -0.0595. The SMILES string of the molecule is O=C(OCC[NH+]1CCOCC1)[C@H](c1ccccc1)[NH+]1CCCCCC1. The summed E-state index contributed by atoms with van der Waals surface area (Å²) in [6.45, 7) is 7.15. The van der Waals surface area contributed by atoms with Crippen molar-refractivity contribution in [3.8, 4) is 0 Å². The molecular weight excluding hydrogens is 316 g/mol. The van der Waals surface area contributed by atoms with Crippen molar-refractivity contribution in [1.29, 1.82) is 0 Å². The molecule has 25 heavy (non-hydrogen) atoms. The van der Waals surface area contributed by atoms with Crippen LogP contribution in [0.3, 0.4) is 0 Å². The van der Waals surface area contributed by atoms with Gasteiger partial charge in [0.2, 0.25) is 6.04 Å². The van der Waals surface area contributed by atoms with E-state index in [9.17, 15) is 4.79 Å². The molecular formula is C20H32N2O3+2. The Labute approximate surface area is 150 Å². The fourth-order valence-corrected chi connectivity index (χ4v) is 3.94. The predicted molar refractivity (Wildman–Crippen MR) is 95.7 cm³/mol. The Morgan fingerprint density at radius 3 is 2.36 bits per heavy atom. The quantitative estimate of drug-likeness (QED) is 0.691. The average molecular weight is 348 g/mol. The molecule has 2 saturated heterocycles. The lowest BCUT2D eigenvalue weighted by molar-refractivity contribution is -0.922. The number of ether oxygens (including phenoxy) is 2. The van der Waals surface area contributed by atoms with Gasteiger partial charge in [0.25, 0.3) is 0 Å². The molecule has 0 bridgehead atoms. The standard InChI is InChI=1S/C20H30N2O3/c23-20(25-17-14-21-12-15-24-16-13-21)19(18-8-4-3-5-9-18)22-10-6-1-2-7-11-22/h3-5,8-9,19H,1-2,6-7,10-17H2/p+2/t19-/m0/s1. The molecule has 0 saturated carbocycles. The lowest BCUT2D eigenvalue weighted by Crippen LogP contribution is -3.14. The summed E-state index contributed by atoms with van der Waals surface area (Å²) in [4.78, 5) is 15.8. The molecule has 2 N–H and O–H groups in total. The van der Waals surface area contributed by atoms with Crippen molar-refractivity contribution in [2.24, 2.45) is 0 Å². The third-order valence-corrected chi connectivity index (χ3v) is 5.42. The van der Waals surface area contributed by atoms with E-state index in [-0.39, 0.29) is 12.0 Å². The zero-order chi connectivity index (χ0) is 17.3. The van der Waals surface area contributed by atoms with Crippen molar-refractivity contribution in [3.05, 3.63) is 35.9 Å². The van der Waals surface area contributed by atoms with Crippen molar-refractivity contribution >= 4 is 5.97 Å². The van der Waals surface area contributed by atoms with Crippen LogP contribution < -0.4 is 9.80 Å². The molecule has 0 unspecified atom stereocenters. The summed E-state index contributed by atoms with van der Waals surface area (Å²) in [6, 6.07) is 9.99. The van der Waals surface area contributed by atoms with Gasteiger partial charge in [0.15, 0.2) is 0 Å². The summed E-state index contributed by atoms with van der Waals surface area (Å²) < 4.78 is 11.1. The highest BCUT2D eigenvalue weighted by Gasteiger charge is 2.33. The molecule has 0 aromatic heterocycles. The van der Waals surface area contributed by atoms with E-state index in [2.05, 4.69) is 12.1 Å². The van der Waals surface area contributed by atoms with Crippen LogP contribution in [-0.2, 0) is 14.3 Å². The smallest absolute Gasteiger partial charge is 0.370 e. The Morgan fingerprint density at radius 2 is 1.68 bits per heavy atom. The van der Waals surface area contributed by atoms with E-state index in [0.717, 1.165) is 51.5 Å². The molecule has 138 valence electrons. The van der Waals surface area contributed by atoms with Crippen LogP contribution in [0.5, 0.6) is 0 Å². The first kappa shape index (κ1) is 18.4. The Hall–Kier alpha value is -1.43. The highest BCUT2D eigenvalue weighted by Crippen LogP contribution is 2.13. The molecule has 3 rings (SSSR count). The topological polar surface area (TPSA) is 44.4 Å². The van der Waals surface area contributed by atoms with Crippen LogP contribution in [0, 0.1) is 0 Å². The molecule has 1 atom stereocenters. The van der Waals surface area contributed by atoms with Gasteiger partial charge in [-0.3, -0.25) is 0 Å². The summed E-state index contributed by atoms with van der Waals surface area (Å²) in [7, 11) is 0. The van der Waals surface area contributed by atoms with E-state index >= 15 is 0 Å². The first-order valence-electron chi connectivity index (χ1n) is 9.82. The number of rotatable bonds is 6. The Balaban J connectivity index is 1.60. The van der Waals surface area contributed by atoms with E-state index in [1.54, 1.807) is 0 Å². The molecule has 2 fully saturated rings. The molecule has 0 radical (unpaired) electrons. The number of nitrogens with one attached hydrogen (secondary N) is 2. The van der Waals surface area contributed by atoms with Gasteiger partial charge in [-0.2, -0.15) is 0 Å². The third kappa shape index (κ3) is 5.53. The minimum Gasteiger partial charge on any atom is -0.455 e. The van der Waals surface area contributed by atoms with Gasteiger partial charge < -0.3 is 19.3 Å². The number of benzene rings is 1. The monoisotopic (exact) mass is 348 g/mol. The number of morpholine rings is 1. The summed E-state index contributed by atoms with van der Waals surface area (Å²) >= 11 is 0. The van der Waals surface area contributed by atoms with Gasteiger partial charge in [0, 0.05) is 5.56 Å². The fraction of sp³-hybridized carbons (Fsp3) is 0.650. The summed E-state index contributed by atoms with van der Waals surface area (Å²) in [6.07, 6.45) is 4.95. The molecule has 0 spiro atoms. The van der Waals surface area contributed by atoms with E-state index in [1.165, 1.54) is 35.5 Å². The largest absolute Gasteiger partial charge is 0.455 e. The number of esters is 1. The van der Waals surface area contributed by atoms with Gasteiger partial charge in [-0.1, -0.05) is 30.3 Å². The molecule has 5 nitrogen and oxygen atoms in total. The zero-order valence-corrected chi connectivity index (χ0v) is 15.2. The molecule has 0 amide bonds. The van der Waals surface area contributed by atoms with Gasteiger partial charge in [-0.25, -0.2) is 4.79 Å². The molecule has 2 heterocycles. The summed E-state index contributed by atoms with van der Waals surface area (Å²) in [5, 5.41) is 0. The number of hydrogen-bond donors (Lipinski definition) is 2. The van der Waals surface area contributed by atoms with Gasteiger partial charge in [0.1, 0.15) is 26.2 Å². The highest BCUT2D eigenvalue weighted by atomic mass is 16.5. The highest BCUT2D eigenvalue weighted by molar-refractivity contribution is 5.76. The molecule has 2 aliphatic heterocycles. The fourth-order valence-electron chi connectivity index (χ4n) is 3.94. The second-order valence-electron chi connectivity index (χ2n) is 7.20. The minimum atomic E-state index is -0.181. The summed E-state index contributed by atoms with van der Waals surface area (Å²) in [5.41, 5.74) is 1.09. The van der Waals surface area contributed by atoms with Gasteiger partial charge in [-0.05, 0) is 25.7 Å². The van der Waals surface area contributed by atoms with Crippen LogP contribution in [-0.4, -0.2) is 58.5 Å². The molecule has 5 heteroatoms. The molecule has 1 aromatic carbocycles. The van der Waals surface area contributed by atoms with Crippen molar-refractivity contribution < 1.29 is 24.1 Å². The number of quaternary nitrogens is 2. The number of carbonyl (C=O) groups is 1. The van der Waals surface area contributed by atoms with Crippen molar-refractivity contribution in [1.82, 2.24) is 0 Å². The van der Waals surface area contributed by atoms with Crippen LogP contribution in [0.15, 0.2) is 30.3 Å². The normalized spacial score (nSPS) is 21.4. The zero-order valence-electron chi connectivity index (χ0n) is 15.2. The maximum absolute atomic E-state index is 12.9. The van der Waals surface area contributed by atoms with Gasteiger partial charge >= 0.3 is 5.97 Å². The van der Waals surface area contributed by atoms with Crippen molar-refractivity contribution in [2.45, 2.75) is 31.7 Å². The van der Waals surface area contributed by atoms with Crippen LogP contribution >= 0.6 is 0 Å².